The van der Waals surface area contributed by atoms with Crippen LogP contribution in [0.1, 0.15) is 68.7 Å². The largest absolute Gasteiger partial charge is 0.493 e. The van der Waals surface area contributed by atoms with Gasteiger partial charge < -0.3 is 34.1 Å². The number of hydrogen-bond acceptors (Lipinski definition) is 10. The lowest BCUT2D eigenvalue weighted by atomic mass is 9.47. The van der Waals surface area contributed by atoms with Crippen LogP contribution in [0.3, 0.4) is 0 Å². The molecule has 11 heteroatoms. The van der Waals surface area contributed by atoms with Crippen LogP contribution >= 0.6 is 0 Å². The predicted octanol–water partition coefficient (Wildman–Crippen LogP) is 3.35. The third-order valence-electron chi connectivity index (χ3n) is 9.58. The molecule has 1 amide bonds. The smallest absolute Gasteiger partial charge is 0.352 e. The summed E-state index contributed by atoms with van der Waals surface area (Å²) in [5, 5.41) is 14.8. The summed E-state index contributed by atoms with van der Waals surface area (Å²) in [6.07, 6.45) is 1.87. The van der Waals surface area contributed by atoms with E-state index in [0.717, 1.165) is 30.4 Å². The lowest BCUT2D eigenvalue weighted by Crippen LogP contribution is -2.67. The van der Waals surface area contributed by atoms with Crippen molar-refractivity contribution in [2.45, 2.75) is 81.7 Å². The first-order valence-corrected chi connectivity index (χ1v) is 15.3. The molecule has 4 aliphatic rings. The van der Waals surface area contributed by atoms with E-state index in [1.807, 2.05) is 12.1 Å². The highest BCUT2D eigenvalue weighted by atomic mass is 16.6. The van der Waals surface area contributed by atoms with Crippen LogP contribution in [0, 0.1) is 5.92 Å². The van der Waals surface area contributed by atoms with Crippen molar-refractivity contribution < 1.29 is 48.0 Å². The number of carbonyl (C=O) groups is 4. The van der Waals surface area contributed by atoms with Crippen molar-refractivity contribution in [1.29, 1.82) is 0 Å². The van der Waals surface area contributed by atoms with Crippen molar-refractivity contribution in [3.8, 4) is 11.5 Å². The number of amides is 1. The molecule has 1 aliphatic heterocycles. The number of nitrogens with one attached hydrogen (secondary N) is 1. The Kier molecular flexibility index (Phi) is 8.07. The molecule has 6 atom stereocenters. The third kappa shape index (κ3) is 5.12. The number of methoxy groups -OCH3 is 1. The maximum absolute atomic E-state index is 13.2. The fourth-order valence-electron chi connectivity index (χ4n) is 7.63. The van der Waals surface area contributed by atoms with E-state index in [0.29, 0.717) is 29.9 Å². The summed E-state index contributed by atoms with van der Waals surface area (Å²) in [5.41, 5.74) is 0.720. The van der Waals surface area contributed by atoms with Gasteiger partial charge in [0.1, 0.15) is 5.76 Å². The minimum atomic E-state index is -1.25. The van der Waals surface area contributed by atoms with E-state index in [4.69, 9.17) is 23.7 Å². The Hall–Kier alpha value is -4.38. The third-order valence-corrected chi connectivity index (χ3v) is 9.58. The average molecular weight is 620 g/mol. The van der Waals surface area contributed by atoms with Gasteiger partial charge in [-0.05, 0) is 56.2 Å². The summed E-state index contributed by atoms with van der Waals surface area (Å²) in [7, 11) is 1.57. The van der Waals surface area contributed by atoms with Gasteiger partial charge in [0.15, 0.2) is 23.7 Å². The van der Waals surface area contributed by atoms with Crippen LogP contribution in [-0.4, -0.2) is 60.4 Å². The monoisotopic (exact) mass is 619 g/mol. The number of rotatable bonds is 10. The Morgan fingerprint density at radius 3 is 2.62 bits per heavy atom. The zero-order valence-corrected chi connectivity index (χ0v) is 25.5. The zero-order valence-electron chi connectivity index (χ0n) is 25.5. The lowest BCUT2D eigenvalue weighted by Gasteiger charge is -2.59. The molecule has 0 aromatic heterocycles. The number of esters is 3. The predicted molar refractivity (Wildman–Crippen MR) is 158 cm³/mol. The Morgan fingerprint density at radius 2 is 1.89 bits per heavy atom. The summed E-state index contributed by atoms with van der Waals surface area (Å²) in [6, 6.07) is 12.4. The van der Waals surface area contributed by atoms with Crippen LogP contribution in [0.25, 0.3) is 0 Å². The SMILES string of the molecule is COc1ccc2c3c1O[C@@H]1C(OC(=O)[C@H](C)OC(=O)CCNC(=O)[C@@H](OC(C)=O)c4ccccc4)=CC[C@]4(O)[C@@H](CCC[C@@]314)C2. The molecule has 1 saturated carbocycles. The van der Waals surface area contributed by atoms with Gasteiger partial charge in [0.25, 0.3) is 5.91 Å². The molecule has 238 valence electrons. The van der Waals surface area contributed by atoms with Gasteiger partial charge in [-0.2, -0.15) is 0 Å². The molecule has 0 radical (unpaired) electrons. The minimum Gasteiger partial charge on any atom is -0.493 e. The van der Waals surface area contributed by atoms with Gasteiger partial charge in [-0.25, -0.2) is 4.79 Å². The number of carbonyl (C=O) groups excluding carboxylic acids is 4. The fraction of sp³-hybridized carbons (Fsp3) is 0.471. The summed E-state index contributed by atoms with van der Waals surface area (Å²) in [5.74, 6) is -1.25. The molecule has 11 nitrogen and oxygen atoms in total. The number of aliphatic hydroxyl groups is 1. The van der Waals surface area contributed by atoms with Crippen molar-refractivity contribution in [3.63, 3.8) is 0 Å². The van der Waals surface area contributed by atoms with Gasteiger partial charge in [-0.3, -0.25) is 14.4 Å². The molecule has 2 aromatic carbocycles. The van der Waals surface area contributed by atoms with Gasteiger partial charge >= 0.3 is 17.9 Å². The van der Waals surface area contributed by atoms with E-state index in [1.165, 1.54) is 13.8 Å². The van der Waals surface area contributed by atoms with Gasteiger partial charge in [0, 0.05) is 24.6 Å². The topological polar surface area (TPSA) is 147 Å². The maximum atomic E-state index is 13.2. The first-order chi connectivity index (χ1) is 21.6. The Balaban J connectivity index is 1.09. The summed E-state index contributed by atoms with van der Waals surface area (Å²) in [4.78, 5) is 50.0. The summed E-state index contributed by atoms with van der Waals surface area (Å²) in [6.45, 7) is 2.51. The molecule has 1 heterocycles. The Bertz CT molecular complexity index is 1550. The molecular formula is C34H37NO10. The molecule has 1 spiro atoms. The molecule has 2 aromatic rings. The first-order valence-electron chi connectivity index (χ1n) is 15.3. The number of hydrogen-bond donors (Lipinski definition) is 2. The van der Waals surface area contributed by atoms with E-state index in [1.54, 1.807) is 43.5 Å². The molecule has 6 rings (SSSR count). The number of benzene rings is 2. The van der Waals surface area contributed by atoms with Gasteiger partial charge in [-0.1, -0.05) is 42.8 Å². The van der Waals surface area contributed by atoms with Crippen LogP contribution in [-0.2, 0) is 45.2 Å². The highest BCUT2D eigenvalue weighted by Crippen LogP contribution is 2.67. The van der Waals surface area contributed by atoms with Crippen molar-refractivity contribution in [1.82, 2.24) is 5.32 Å². The molecular weight excluding hydrogens is 582 g/mol. The number of ether oxygens (including phenoxy) is 5. The fourth-order valence-corrected chi connectivity index (χ4v) is 7.63. The van der Waals surface area contributed by atoms with Crippen molar-refractivity contribution in [2.24, 2.45) is 5.92 Å². The standard InChI is InChI=1S/C34H37NO10/c1-19(42-26(37)14-17-35-31(38)28(43-20(2)36)21-8-5-4-6-9-21)32(39)44-25-13-16-34(40)23-10-7-15-33(34)27-22(18-23)11-12-24(41-3)29(27)45-30(25)33/h4-6,8-9,11-13,19,23,28,30,40H,7,10,14-18H2,1-3H3,(H,35,38)/t19-,23-,28-,30+,33+,34-/m0/s1. The zero-order chi connectivity index (χ0) is 31.9. The summed E-state index contributed by atoms with van der Waals surface area (Å²) < 4.78 is 28.4. The second-order valence-electron chi connectivity index (χ2n) is 12.1. The maximum Gasteiger partial charge on any atom is 0.352 e. The van der Waals surface area contributed by atoms with Crippen molar-refractivity contribution in [2.75, 3.05) is 13.7 Å². The molecule has 2 N–H and O–H groups in total. The minimum absolute atomic E-state index is 0.0510. The second kappa shape index (κ2) is 11.8. The molecule has 0 unspecified atom stereocenters. The first kappa shape index (κ1) is 30.6. The molecule has 3 aliphatic carbocycles. The summed E-state index contributed by atoms with van der Waals surface area (Å²) >= 11 is 0. The van der Waals surface area contributed by atoms with Crippen LogP contribution in [0.5, 0.6) is 11.5 Å². The molecule has 1 fully saturated rings. The molecule has 2 bridgehead atoms. The van der Waals surface area contributed by atoms with Gasteiger partial charge in [-0.15, -0.1) is 0 Å². The normalized spacial score (nSPS) is 26.6. The van der Waals surface area contributed by atoms with E-state index in [2.05, 4.69) is 5.32 Å². The van der Waals surface area contributed by atoms with E-state index >= 15 is 0 Å². The van der Waals surface area contributed by atoms with Crippen molar-refractivity contribution >= 4 is 23.8 Å². The highest BCUT2D eigenvalue weighted by Gasteiger charge is 2.71. The molecule has 45 heavy (non-hydrogen) atoms. The van der Waals surface area contributed by atoms with Crippen LogP contribution < -0.4 is 14.8 Å². The van der Waals surface area contributed by atoms with Crippen LogP contribution in [0.4, 0.5) is 0 Å². The van der Waals surface area contributed by atoms with E-state index < -0.39 is 53.1 Å². The van der Waals surface area contributed by atoms with E-state index in [9.17, 15) is 24.3 Å². The average Bonchev–Trinajstić information content (AvgIpc) is 3.36. The van der Waals surface area contributed by atoms with E-state index in [-0.39, 0.29) is 24.6 Å². The quantitative estimate of drug-likeness (QED) is 0.300. The van der Waals surface area contributed by atoms with Gasteiger partial charge in [0.2, 0.25) is 6.10 Å². The second-order valence-corrected chi connectivity index (χ2v) is 12.1. The lowest BCUT2D eigenvalue weighted by molar-refractivity contribution is -0.171. The van der Waals surface area contributed by atoms with Gasteiger partial charge in [0.05, 0.1) is 24.5 Å². The van der Waals surface area contributed by atoms with Crippen LogP contribution in [0.2, 0.25) is 0 Å². The Labute approximate surface area is 260 Å². The highest BCUT2D eigenvalue weighted by molar-refractivity contribution is 5.85. The van der Waals surface area contributed by atoms with Crippen LogP contribution in [0.15, 0.2) is 54.3 Å². The molecule has 0 saturated heterocycles. The Morgan fingerprint density at radius 1 is 1.11 bits per heavy atom. The van der Waals surface area contributed by atoms with Crippen molar-refractivity contribution in [3.05, 3.63) is 71.0 Å².